The van der Waals surface area contributed by atoms with E-state index in [-0.39, 0.29) is 19.2 Å². The Morgan fingerprint density at radius 2 is 1.46 bits per heavy atom. The van der Waals surface area contributed by atoms with E-state index in [2.05, 4.69) is 43.4 Å². The summed E-state index contributed by atoms with van der Waals surface area (Å²) in [7, 11) is 0. The maximum absolute atomic E-state index is 11.5. The lowest BCUT2D eigenvalue weighted by molar-refractivity contribution is -0.145. The van der Waals surface area contributed by atoms with E-state index in [1.807, 2.05) is 0 Å². The van der Waals surface area contributed by atoms with Gasteiger partial charge in [0.2, 0.25) is 0 Å². The molecule has 0 saturated heterocycles. The van der Waals surface area contributed by atoms with Gasteiger partial charge in [0, 0.05) is 6.42 Å². The average molecular weight is 367 g/mol. The van der Waals surface area contributed by atoms with Crippen molar-refractivity contribution in [1.82, 2.24) is 0 Å². The third-order valence-electron chi connectivity index (χ3n) is 3.76. The second-order valence-electron chi connectivity index (χ2n) is 6.16. The number of rotatable bonds is 18. The zero-order valence-corrected chi connectivity index (χ0v) is 16.5. The van der Waals surface area contributed by atoms with Gasteiger partial charge in [0.15, 0.2) is 0 Å². The second kappa shape index (κ2) is 21.7. The highest BCUT2D eigenvalue weighted by atomic mass is 16.6. The smallest absolute Gasteiger partial charge is 0.305 e. The van der Waals surface area contributed by atoms with Crippen LogP contribution in [-0.2, 0) is 14.3 Å². The topological polar surface area (TPSA) is 55.8 Å². The van der Waals surface area contributed by atoms with Gasteiger partial charge in [-0.1, -0.05) is 62.6 Å². The number of unbranched alkanes of at least 4 members (excludes halogenated alkanes) is 5. The van der Waals surface area contributed by atoms with Crippen LogP contribution in [0.5, 0.6) is 0 Å². The molecular weight excluding hydrogens is 328 g/mol. The van der Waals surface area contributed by atoms with Crippen LogP contribution in [0, 0.1) is 0 Å². The molecule has 0 aliphatic heterocycles. The molecule has 0 rings (SSSR count). The molecule has 0 unspecified atom stereocenters. The predicted molar refractivity (Wildman–Crippen MR) is 108 cm³/mol. The van der Waals surface area contributed by atoms with E-state index in [1.54, 1.807) is 0 Å². The van der Waals surface area contributed by atoms with Gasteiger partial charge in [0.1, 0.15) is 6.61 Å². The van der Waals surface area contributed by atoms with Crippen molar-refractivity contribution in [2.24, 2.45) is 0 Å². The van der Waals surface area contributed by atoms with Crippen molar-refractivity contribution in [3.63, 3.8) is 0 Å². The highest BCUT2D eigenvalue weighted by molar-refractivity contribution is 5.69. The van der Waals surface area contributed by atoms with Crippen molar-refractivity contribution in [3.8, 4) is 0 Å². The van der Waals surface area contributed by atoms with E-state index < -0.39 is 0 Å². The summed E-state index contributed by atoms with van der Waals surface area (Å²) in [5.41, 5.74) is 0. The zero-order valence-electron chi connectivity index (χ0n) is 16.5. The van der Waals surface area contributed by atoms with Crippen LogP contribution < -0.4 is 0 Å². The van der Waals surface area contributed by atoms with Crippen molar-refractivity contribution in [3.05, 3.63) is 36.5 Å². The first-order valence-electron chi connectivity index (χ1n) is 10.1. The monoisotopic (exact) mass is 366 g/mol. The standard InChI is InChI=1S/C22H38O4/c1-2-3-4-5-6-7-8-9-10-11-12-13-14-15-16-17-22(24)26-21-20-25-19-18-23/h3-4,6-7,9-10,23H,2,5,8,11-21H2,1H3/b4-3-,7-6-,10-9-. The minimum absolute atomic E-state index is 0.00226. The lowest BCUT2D eigenvalue weighted by Gasteiger charge is -2.05. The Kier molecular flexibility index (Phi) is 20.5. The van der Waals surface area contributed by atoms with Gasteiger partial charge in [0.05, 0.1) is 19.8 Å². The number of esters is 1. The van der Waals surface area contributed by atoms with E-state index in [0.717, 1.165) is 38.5 Å². The molecule has 150 valence electrons. The van der Waals surface area contributed by atoms with Crippen LogP contribution in [0.1, 0.15) is 71.1 Å². The first kappa shape index (κ1) is 24.6. The van der Waals surface area contributed by atoms with Crippen molar-refractivity contribution < 1.29 is 19.4 Å². The molecule has 0 atom stereocenters. The molecule has 4 heteroatoms. The normalized spacial score (nSPS) is 11.9. The molecule has 0 saturated carbocycles. The molecule has 0 fully saturated rings. The van der Waals surface area contributed by atoms with E-state index in [9.17, 15) is 4.79 Å². The summed E-state index contributed by atoms with van der Waals surface area (Å²) in [6.45, 7) is 3.07. The lowest BCUT2D eigenvalue weighted by atomic mass is 10.1. The van der Waals surface area contributed by atoms with Crippen LogP contribution in [-0.4, -0.2) is 37.5 Å². The molecule has 4 nitrogen and oxygen atoms in total. The number of aliphatic hydroxyl groups excluding tert-OH is 1. The molecule has 0 amide bonds. The minimum Gasteiger partial charge on any atom is -0.463 e. The van der Waals surface area contributed by atoms with E-state index >= 15 is 0 Å². The molecule has 0 spiro atoms. The molecule has 0 heterocycles. The van der Waals surface area contributed by atoms with Crippen molar-refractivity contribution in [2.45, 2.75) is 71.1 Å². The Labute approximate surface area is 160 Å². The molecule has 0 aromatic rings. The maximum atomic E-state index is 11.5. The van der Waals surface area contributed by atoms with Crippen molar-refractivity contribution in [1.29, 1.82) is 0 Å². The fourth-order valence-electron chi connectivity index (χ4n) is 2.34. The Morgan fingerprint density at radius 1 is 0.808 bits per heavy atom. The molecule has 0 aromatic carbocycles. The van der Waals surface area contributed by atoms with Crippen LogP contribution in [0.15, 0.2) is 36.5 Å². The van der Waals surface area contributed by atoms with Crippen LogP contribution in [0.25, 0.3) is 0 Å². The molecule has 0 bridgehead atoms. The third-order valence-corrected chi connectivity index (χ3v) is 3.76. The highest BCUT2D eigenvalue weighted by Gasteiger charge is 2.02. The van der Waals surface area contributed by atoms with Crippen molar-refractivity contribution >= 4 is 5.97 Å². The molecular formula is C22H38O4. The fraction of sp³-hybridized carbons (Fsp3) is 0.682. The first-order valence-corrected chi connectivity index (χ1v) is 10.1. The molecule has 0 aliphatic carbocycles. The maximum Gasteiger partial charge on any atom is 0.305 e. The summed E-state index contributed by atoms with van der Waals surface area (Å²) in [6, 6.07) is 0. The SMILES string of the molecule is CC/C=C\C/C=C\C/C=C\CCCCCCCC(=O)OCCOCCO. The average Bonchev–Trinajstić information content (AvgIpc) is 2.64. The predicted octanol–water partition coefficient (Wildman–Crippen LogP) is 5.13. The first-order chi connectivity index (χ1) is 12.8. The quantitative estimate of drug-likeness (QED) is 0.208. The summed E-state index contributed by atoms with van der Waals surface area (Å²) in [5.74, 6) is -0.154. The third kappa shape index (κ3) is 20.7. The number of carbonyl (C=O) groups is 1. The summed E-state index contributed by atoms with van der Waals surface area (Å²) in [5, 5.41) is 8.54. The van der Waals surface area contributed by atoms with Crippen LogP contribution in [0.4, 0.5) is 0 Å². The Bertz CT molecular complexity index is 386. The Morgan fingerprint density at radius 3 is 2.19 bits per heavy atom. The molecule has 0 radical (unpaired) electrons. The molecule has 0 aliphatic rings. The number of allylic oxidation sites excluding steroid dienone is 6. The zero-order chi connectivity index (χ0) is 19.1. The highest BCUT2D eigenvalue weighted by Crippen LogP contribution is 2.08. The Balaban J connectivity index is 3.29. The fourth-order valence-corrected chi connectivity index (χ4v) is 2.34. The van der Waals surface area contributed by atoms with E-state index in [0.29, 0.717) is 19.6 Å². The lowest BCUT2D eigenvalue weighted by Crippen LogP contribution is -2.11. The Hall–Kier alpha value is -1.39. The van der Waals surface area contributed by atoms with Gasteiger partial charge in [-0.15, -0.1) is 0 Å². The van der Waals surface area contributed by atoms with Crippen LogP contribution in [0.2, 0.25) is 0 Å². The summed E-state index contributed by atoms with van der Waals surface area (Å²) >= 11 is 0. The van der Waals surface area contributed by atoms with E-state index in [4.69, 9.17) is 14.6 Å². The van der Waals surface area contributed by atoms with Gasteiger partial charge in [-0.25, -0.2) is 0 Å². The van der Waals surface area contributed by atoms with E-state index in [1.165, 1.54) is 19.3 Å². The summed E-state index contributed by atoms with van der Waals surface area (Å²) in [4.78, 5) is 11.5. The second-order valence-corrected chi connectivity index (χ2v) is 6.16. The number of carbonyl (C=O) groups excluding carboxylic acids is 1. The number of aliphatic hydroxyl groups is 1. The largest absolute Gasteiger partial charge is 0.463 e. The summed E-state index contributed by atoms with van der Waals surface area (Å²) in [6.07, 6.45) is 23.7. The van der Waals surface area contributed by atoms with Crippen LogP contribution in [0.3, 0.4) is 0 Å². The van der Waals surface area contributed by atoms with Gasteiger partial charge >= 0.3 is 5.97 Å². The number of hydrogen-bond acceptors (Lipinski definition) is 4. The number of ether oxygens (including phenoxy) is 2. The molecule has 26 heavy (non-hydrogen) atoms. The van der Waals surface area contributed by atoms with Gasteiger partial charge in [0.25, 0.3) is 0 Å². The van der Waals surface area contributed by atoms with Gasteiger partial charge in [-0.3, -0.25) is 4.79 Å². The number of hydrogen-bond donors (Lipinski definition) is 1. The van der Waals surface area contributed by atoms with Gasteiger partial charge in [-0.05, 0) is 38.5 Å². The van der Waals surface area contributed by atoms with Gasteiger partial charge < -0.3 is 14.6 Å². The molecule has 1 N–H and O–H groups in total. The van der Waals surface area contributed by atoms with Crippen LogP contribution >= 0.6 is 0 Å². The minimum atomic E-state index is -0.154. The van der Waals surface area contributed by atoms with Gasteiger partial charge in [-0.2, -0.15) is 0 Å². The van der Waals surface area contributed by atoms with Crippen molar-refractivity contribution in [2.75, 3.05) is 26.4 Å². The summed E-state index contributed by atoms with van der Waals surface area (Å²) < 4.78 is 10.1. The molecule has 0 aromatic heterocycles.